The number of nitrogens with one attached hydrogen (secondary N) is 1. The van der Waals surface area contributed by atoms with Crippen molar-refractivity contribution in [3.8, 4) is 0 Å². The van der Waals surface area contributed by atoms with E-state index < -0.39 is 12.7 Å². The van der Waals surface area contributed by atoms with E-state index >= 15 is 0 Å². The molecule has 0 amide bonds. The van der Waals surface area contributed by atoms with Crippen LogP contribution in [0, 0.1) is 13.8 Å². The van der Waals surface area contributed by atoms with Crippen LogP contribution >= 0.6 is 0 Å². The van der Waals surface area contributed by atoms with Crippen LogP contribution in [0.1, 0.15) is 27.6 Å². The van der Waals surface area contributed by atoms with Crippen molar-refractivity contribution in [1.82, 2.24) is 19.4 Å². The Morgan fingerprint density at radius 3 is 2.65 bits per heavy atom. The van der Waals surface area contributed by atoms with Crippen LogP contribution in [0.5, 0.6) is 0 Å². The predicted octanol–water partition coefficient (Wildman–Crippen LogP) is 2.71. The summed E-state index contributed by atoms with van der Waals surface area (Å²) in [6, 6.07) is 1.77. The molecule has 2 aromatic rings. The smallest absolute Gasteiger partial charge is 0.362 e. The average Bonchev–Trinajstić information content (AvgIpc) is 2.94. The SMILES string of the molecule is Cc1cc(C(=O)CN(C)Cc2nccn2CC(F)(F)F)c(C)[nH]1. The number of Topliss-reactive ketones (excluding diaryl/α,β-unsaturated/α-hetero) is 1. The van der Waals surface area contributed by atoms with Gasteiger partial charge in [-0.25, -0.2) is 4.98 Å². The molecule has 23 heavy (non-hydrogen) atoms. The summed E-state index contributed by atoms with van der Waals surface area (Å²) >= 11 is 0. The topological polar surface area (TPSA) is 53.9 Å². The molecule has 0 saturated heterocycles. The number of aromatic nitrogens is 3. The lowest BCUT2D eigenvalue weighted by Crippen LogP contribution is -2.28. The van der Waals surface area contributed by atoms with Crippen LogP contribution < -0.4 is 0 Å². The number of carbonyl (C=O) groups excluding carboxylic acids is 1. The molecule has 0 fully saturated rings. The van der Waals surface area contributed by atoms with Gasteiger partial charge < -0.3 is 9.55 Å². The maximum atomic E-state index is 12.5. The van der Waals surface area contributed by atoms with Gasteiger partial charge in [0.2, 0.25) is 0 Å². The van der Waals surface area contributed by atoms with Gasteiger partial charge in [0.15, 0.2) is 5.78 Å². The third-order valence-electron chi connectivity index (χ3n) is 3.43. The quantitative estimate of drug-likeness (QED) is 0.830. The first-order valence-electron chi connectivity index (χ1n) is 7.10. The molecule has 0 aromatic carbocycles. The van der Waals surface area contributed by atoms with Crippen LogP contribution in [0.2, 0.25) is 0 Å². The molecule has 0 bridgehead atoms. The highest BCUT2D eigenvalue weighted by molar-refractivity contribution is 5.98. The fourth-order valence-corrected chi connectivity index (χ4v) is 2.47. The van der Waals surface area contributed by atoms with Gasteiger partial charge in [0.05, 0.1) is 13.1 Å². The molecule has 0 radical (unpaired) electrons. The second-order valence-electron chi connectivity index (χ2n) is 5.67. The molecule has 8 heteroatoms. The lowest BCUT2D eigenvalue weighted by molar-refractivity contribution is -0.141. The van der Waals surface area contributed by atoms with Gasteiger partial charge in [-0.3, -0.25) is 9.69 Å². The van der Waals surface area contributed by atoms with E-state index in [1.54, 1.807) is 18.0 Å². The van der Waals surface area contributed by atoms with Crippen LogP contribution in [0.25, 0.3) is 0 Å². The highest BCUT2D eigenvalue weighted by Crippen LogP contribution is 2.19. The largest absolute Gasteiger partial charge is 0.406 e. The van der Waals surface area contributed by atoms with Crippen LogP contribution in [0.3, 0.4) is 0 Å². The zero-order valence-corrected chi connectivity index (χ0v) is 13.2. The lowest BCUT2D eigenvalue weighted by atomic mass is 10.1. The summed E-state index contributed by atoms with van der Waals surface area (Å²) in [6.07, 6.45) is -1.68. The fraction of sp³-hybridized carbons (Fsp3) is 0.467. The van der Waals surface area contributed by atoms with Crippen LogP contribution in [0.15, 0.2) is 18.5 Å². The van der Waals surface area contributed by atoms with Gasteiger partial charge in [0.25, 0.3) is 0 Å². The van der Waals surface area contributed by atoms with Crippen molar-refractivity contribution < 1.29 is 18.0 Å². The van der Waals surface area contributed by atoms with Gasteiger partial charge in [0, 0.05) is 29.3 Å². The number of aromatic amines is 1. The summed E-state index contributed by atoms with van der Waals surface area (Å²) in [6.45, 7) is 2.87. The van der Waals surface area contributed by atoms with Gasteiger partial charge in [-0.15, -0.1) is 0 Å². The Kier molecular flexibility index (Phi) is 4.93. The molecular weight excluding hydrogens is 309 g/mol. The summed E-state index contributed by atoms with van der Waals surface area (Å²) < 4.78 is 38.5. The number of imidazole rings is 1. The third kappa shape index (κ3) is 4.69. The Bertz CT molecular complexity index is 687. The maximum absolute atomic E-state index is 12.5. The number of likely N-dealkylation sites (N-methyl/N-ethyl adjacent to an activating group) is 1. The highest BCUT2D eigenvalue weighted by atomic mass is 19.4. The number of H-pyrrole nitrogens is 1. The Hall–Kier alpha value is -2.09. The van der Waals surface area contributed by atoms with Gasteiger partial charge in [-0.05, 0) is 27.0 Å². The fourth-order valence-electron chi connectivity index (χ4n) is 2.47. The number of rotatable bonds is 6. The highest BCUT2D eigenvalue weighted by Gasteiger charge is 2.29. The zero-order valence-electron chi connectivity index (χ0n) is 13.2. The second-order valence-corrected chi connectivity index (χ2v) is 5.67. The molecule has 2 heterocycles. The van der Waals surface area contributed by atoms with Crippen LogP contribution in [-0.2, 0) is 13.1 Å². The molecule has 2 aromatic heterocycles. The minimum Gasteiger partial charge on any atom is -0.362 e. The lowest BCUT2D eigenvalue weighted by Gasteiger charge is -2.17. The van der Waals surface area contributed by atoms with Crippen LogP contribution in [0.4, 0.5) is 13.2 Å². The number of aryl methyl sites for hydroxylation is 2. The molecule has 0 saturated carbocycles. The number of alkyl halides is 3. The minimum atomic E-state index is -4.30. The van der Waals surface area contributed by atoms with Gasteiger partial charge in [-0.1, -0.05) is 0 Å². The molecule has 0 spiro atoms. The average molecular weight is 328 g/mol. The van der Waals surface area contributed by atoms with Crippen LogP contribution in [-0.4, -0.2) is 45.0 Å². The predicted molar refractivity (Wildman–Crippen MR) is 79.2 cm³/mol. The monoisotopic (exact) mass is 328 g/mol. The van der Waals surface area contributed by atoms with Crippen molar-refractivity contribution in [2.75, 3.05) is 13.6 Å². The Morgan fingerprint density at radius 1 is 1.39 bits per heavy atom. The molecule has 5 nitrogen and oxygen atoms in total. The van der Waals surface area contributed by atoms with Crippen molar-refractivity contribution in [2.45, 2.75) is 33.1 Å². The van der Waals surface area contributed by atoms with E-state index in [0.29, 0.717) is 5.56 Å². The number of hydrogen-bond donors (Lipinski definition) is 1. The standard InChI is InChI=1S/C15H19F3N4O/c1-10-6-12(11(2)20-10)13(23)7-21(3)8-14-19-4-5-22(14)9-15(16,17)18/h4-6,20H,7-9H2,1-3H3. The van der Waals surface area contributed by atoms with Crippen molar-refractivity contribution in [1.29, 1.82) is 0 Å². The van der Waals surface area contributed by atoms with E-state index in [0.717, 1.165) is 16.0 Å². The minimum absolute atomic E-state index is 0.0803. The van der Waals surface area contributed by atoms with E-state index in [2.05, 4.69) is 9.97 Å². The van der Waals surface area contributed by atoms with E-state index in [4.69, 9.17) is 0 Å². The number of hydrogen-bond acceptors (Lipinski definition) is 3. The van der Waals surface area contributed by atoms with Gasteiger partial charge in [0.1, 0.15) is 12.4 Å². The first kappa shape index (κ1) is 17.3. The first-order valence-corrected chi connectivity index (χ1v) is 7.10. The summed E-state index contributed by atoms with van der Waals surface area (Å²) in [5.74, 6) is 0.197. The number of carbonyl (C=O) groups is 1. The van der Waals surface area contributed by atoms with Crippen molar-refractivity contribution in [3.05, 3.63) is 41.2 Å². The summed E-state index contributed by atoms with van der Waals surface area (Å²) in [5.41, 5.74) is 2.29. The van der Waals surface area contributed by atoms with Crippen molar-refractivity contribution in [3.63, 3.8) is 0 Å². The first-order chi connectivity index (χ1) is 10.7. The van der Waals surface area contributed by atoms with Crippen molar-refractivity contribution in [2.24, 2.45) is 0 Å². The number of halogens is 3. The molecule has 1 N–H and O–H groups in total. The summed E-state index contributed by atoms with van der Waals surface area (Å²) in [4.78, 5) is 20.9. The Balaban J connectivity index is 2.00. The molecule has 0 atom stereocenters. The summed E-state index contributed by atoms with van der Waals surface area (Å²) in [5, 5.41) is 0. The second kappa shape index (κ2) is 6.57. The molecule has 126 valence electrons. The maximum Gasteiger partial charge on any atom is 0.406 e. The Morgan fingerprint density at radius 2 is 2.09 bits per heavy atom. The van der Waals surface area contributed by atoms with E-state index in [-0.39, 0.29) is 24.7 Å². The summed E-state index contributed by atoms with van der Waals surface area (Å²) in [7, 11) is 1.68. The molecule has 0 aliphatic heterocycles. The molecule has 0 aliphatic carbocycles. The van der Waals surface area contributed by atoms with E-state index in [9.17, 15) is 18.0 Å². The van der Waals surface area contributed by atoms with Gasteiger partial charge in [-0.2, -0.15) is 13.2 Å². The van der Waals surface area contributed by atoms with Gasteiger partial charge >= 0.3 is 6.18 Å². The normalized spacial score (nSPS) is 12.1. The Labute approximate surface area is 132 Å². The van der Waals surface area contributed by atoms with Crippen molar-refractivity contribution >= 4 is 5.78 Å². The van der Waals surface area contributed by atoms with E-state index in [1.165, 1.54) is 12.4 Å². The number of ketones is 1. The number of nitrogens with zero attached hydrogens (tertiary/aromatic N) is 3. The molecule has 2 rings (SSSR count). The molecule has 0 aliphatic rings. The zero-order chi connectivity index (χ0) is 17.2. The molecule has 0 unspecified atom stereocenters. The molecular formula is C15H19F3N4O. The third-order valence-corrected chi connectivity index (χ3v) is 3.43. The van der Waals surface area contributed by atoms with E-state index in [1.807, 2.05) is 13.8 Å².